The lowest BCUT2D eigenvalue weighted by Crippen LogP contribution is -2.56. The molecule has 1 aliphatic carbocycles. The second kappa shape index (κ2) is 3.19. The zero-order chi connectivity index (χ0) is 9.47. The van der Waals surface area contributed by atoms with Crippen molar-refractivity contribution in [3.05, 3.63) is 0 Å². The number of nitrogens with one attached hydrogen (secondary N) is 1. The van der Waals surface area contributed by atoms with Gasteiger partial charge in [-0.25, -0.2) is 0 Å². The van der Waals surface area contributed by atoms with Crippen molar-refractivity contribution in [1.82, 2.24) is 5.32 Å². The molecule has 0 spiro atoms. The first kappa shape index (κ1) is 9.38. The van der Waals surface area contributed by atoms with Gasteiger partial charge in [0.05, 0.1) is 6.04 Å². The number of carbonyl (C=O) groups excluding carboxylic acids is 1. The van der Waals surface area contributed by atoms with Gasteiger partial charge in [0.1, 0.15) is 0 Å². The molecule has 1 amide bonds. The van der Waals surface area contributed by atoms with Crippen molar-refractivity contribution in [2.75, 3.05) is 5.75 Å². The Hall–Kier alpha value is -0.180. The first-order chi connectivity index (χ1) is 6.08. The van der Waals surface area contributed by atoms with E-state index >= 15 is 0 Å². The van der Waals surface area contributed by atoms with Crippen LogP contribution in [0.5, 0.6) is 0 Å². The normalized spacial score (nSPS) is 30.8. The Morgan fingerprint density at radius 1 is 1.54 bits per heavy atom. The van der Waals surface area contributed by atoms with Crippen LogP contribution < -0.4 is 5.32 Å². The lowest BCUT2D eigenvalue weighted by molar-refractivity contribution is -0.122. The van der Waals surface area contributed by atoms with Gasteiger partial charge in [-0.05, 0) is 32.6 Å². The lowest BCUT2D eigenvalue weighted by Gasteiger charge is -2.43. The van der Waals surface area contributed by atoms with Crippen LogP contribution >= 0.6 is 11.8 Å². The summed E-state index contributed by atoms with van der Waals surface area (Å²) in [5, 5.41) is 3.12. The van der Waals surface area contributed by atoms with Crippen molar-refractivity contribution in [2.45, 2.75) is 43.9 Å². The van der Waals surface area contributed by atoms with Crippen LogP contribution in [0.25, 0.3) is 0 Å². The Labute approximate surface area is 83.8 Å². The molecule has 0 aromatic heterocycles. The highest BCUT2D eigenvalue weighted by atomic mass is 32.2. The quantitative estimate of drug-likeness (QED) is 0.751. The fourth-order valence-electron chi connectivity index (χ4n) is 1.55. The second-order valence-corrected chi connectivity index (χ2v) is 6.36. The van der Waals surface area contributed by atoms with E-state index in [0.29, 0.717) is 12.0 Å². The average Bonchev–Trinajstić information content (AvgIpc) is 2.82. The number of thioether (sulfide) groups is 1. The molecule has 2 rings (SSSR count). The van der Waals surface area contributed by atoms with E-state index in [1.807, 2.05) is 11.8 Å². The predicted octanol–water partition coefficient (Wildman–Crippen LogP) is 1.80. The van der Waals surface area contributed by atoms with E-state index in [-0.39, 0.29) is 10.7 Å². The summed E-state index contributed by atoms with van der Waals surface area (Å²) in [6.07, 6.45) is 3.28. The maximum Gasteiger partial charge on any atom is 0.220 e. The molecule has 13 heavy (non-hydrogen) atoms. The Morgan fingerprint density at radius 2 is 2.23 bits per heavy atom. The molecule has 0 aromatic carbocycles. The van der Waals surface area contributed by atoms with Crippen LogP contribution in [0, 0.1) is 5.92 Å². The monoisotopic (exact) mass is 199 g/mol. The lowest BCUT2D eigenvalue weighted by atomic mass is 10.0. The SMILES string of the molecule is CC1(C)SCC1NC(=O)CC1CC1. The molecular formula is C10H17NOS. The molecule has 2 nitrogen and oxygen atoms in total. The highest BCUT2D eigenvalue weighted by Gasteiger charge is 2.40. The van der Waals surface area contributed by atoms with E-state index in [9.17, 15) is 4.79 Å². The molecular weight excluding hydrogens is 182 g/mol. The van der Waals surface area contributed by atoms with Gasteiger partial charge in [-0.2, -0.15) is 11.8 Å². The van der Waals surface area contributed by atoms with Gasteiger partial charge in [-0.15, -0.1) is 0 Å². The summed E-state index contributed by atoms with van der Waals surface area (Å²) in [7, 11) is 0. The molecule has 1 heterocycles. The van der Waals surface area contributed by atoms with Gasteiger partial charge in [-0.3, -0.25) is 4.79 Å². The van der Waals surface area contributed by atoms with E-state index in [1.54, 1.807) is 0 Å². The molecule has 0 bridgehead atoms. The van der Waals surface area contributed by atoms with Gasteiger partial charge in [0.15, 0.2) is 0 Å². The minimum absolute atomic E-state index is 0.263. The molecule has 2 aliphatic rings. The van der Waals surface area contributed by atoms with Crippen LogP contribution in [0.4, 0.5) is 0 Å². The third-order valence-corrected chi connectivity index (χ3v) is 4.50. The van der Waals surface area contributed by atoms with Crippen LogP contribution in [0.2, 0.25) is 0 Å². The van der Waals surface area contributed by atoms with Gasteiger partial charge < -0.3 is 5.32 Å². The number of hydrogen-bond donors (Lipinski definition) is 1. The van der Waals surface area contributed by atoms with E-state index < -0.39 is 0 Å². The van der Waals surface area contributed by atoms with Gasteiger partial charge in [0.2, 0.25) is 5.91 Å². The van der Waals surface area contributed by atoms with Crippen molar-refractivity contribution in [3.8, 4) is 0 Å². The van der Waals surface area contributed by atoms with E-state index in [1.165, 1.54) is 12.8 Å². The van der Waals surface area contributed by atoms with Crippen molar-refractivity contribution in [2.24, 2.45) is 5.92 Å². The number of hydrogen-bond acceptors (Lipinski definition) is 2. The summed E-state index contributed by atoms with van der Waals surface area (Å²) < 4.78 is 0.263. The van der Waals surface area contributed by atoms with Gasteiger partial charge in [0, 0.05) is 16.9 Å². The number of carbonyl (C=O) groups is 1. The molecule has 74 valence electrons. The van der Waals surface area contributed by atoms with E-state index in [0.717, 1.165) is 12.2 Å². The summed E-state index contributed by atoms with van der Waals surface area (Å²) in [5.41, 5.74) is 0. The number of rotatable bonds is 3. The Bertz CT molecular complexity index is 223. The molecule has 0 radical (unpaired) electrons. The third-order valence-electron chi connectivity index (χ3n) is 2.97. The van der Waals surface area contributed by atoms with Gasteiger partial charge in [0.25, 0.3) is 0 Å². The summed E-state index contributed by atoms with van der Waals surface area (Å²) in [4.78, 5) is 11.5. The average molecular weight is 199 g/mol. The highest BCUT2D eigenvalue weighted by Crippen LogP contribution is 2.40. The first-order valence-electron chi connectivity index (χ1n) is 5.01. The first-order valence-corrected chi connectivity index (χ1v) is 6.00. The summed E-state index contributed by atoms with van der Waals surface area (Å²) in [6.45, 7) is 4.40. The van der Waals surface area contributed by atoms with Crippen molar-refractivity contribution in [1.29, 1.82) is 0 Å². The number of amides is 1. The van der Waals surface area contributed by atoms with Crippen LogP contribution in [0.15, 0.2) is 0 Å². The maximum absolute atomic E-state index is 11.5. The van der Waals surface area contributed by atoms with E-state index in [4.69, 9.17) is 0 Å². The smallest absolute Gasteiger partial charge is 0.220 e. The fraction of sp³-hybridized carbons (Fsp3) is 0.900. The van der Waals surface area contributed by atoms with Gasteiger partial charge >= 0.3 is 0 Å². The molecule has 1 N–H and O–H groups in total. The molecule has 1 atom stereocenters. The Kier molecular flexibility index (Phi) is 2.30. The summed E-state index contributed by atoms with van der Waals surface area (Å²) >= 11 is 1.93. The summed E-state index contributed by atoms with van der Waals surface area (Å²) in [6, 6.07) is 0.406. The molecule has 2 fully saturated rings. The third kappa shape index (κ3) is 2.19. The Balaban J connectivity index is 1.74. The minimum Gasteiger partial charge on any atom is -0.351 e. The molecule has 1 saturated heterocycles. The summed E-state index contributed by atoms with van der Waals surface area (Å²) in [5.74, 6) is 2.06. The highest BCUT2D eigenvalue weighted by molar-refractivity contribution is 8.02. The van der Waals surface area contributed by atoms with Crippen LogP contribution in [-0.4, -0.2) is 22.4 Å². The van der Waals surface area contributed by atoms with Crippen molar-refractivity contribution >= 4 is 17.7 Å². The van der Waals surface area contributed by atoms with Crippen LogP contribution in [0.1, 0.15) is 33.1 Å². The largest absolute Gasteiger partial charge is 0.351 e. The predicted molar refractivity (Wildman–Crippen MR) is 55.8 cm³/mol. The molecule has 1 unspecified atom stereocenters. The molecule has 1 aliphatic heterocycles. The standard InChI is InChI=1S/C10H17NOS/c1-10(2)8(6-13-10)11-9(12)5-7-3-4-7/h7-8H,3-6H2,1-2H3,(H,11,12). The molecule has 1 saturated carbocycles. The van der Waals surface area contributed by atoms with Crippen LogP contribution in [0.3, 0.4) is 0 Å². The van der Waals surface area contributed by atoms with Crippen molar-refractivity contribution < 1.29 is 4.79 Å². The van der Waals surface area contributed by atoms with Gasteiger partial charge in [-0.1, -0.05) is 0 Å². The van der Waals surface area contributed by atoms with E-state index in [2.05, 4.69) is 19.2 Å². The Morgan fingerprint density at radius 3 is 2.62 bits per heavy atom. The fourth-order valence-corrected chi connectivity index (χ4v) is 2.70. The zero-order valence-corrected chi connectivity index (χ0v) is 9.12. The molecule has 0 aromatic rings. The minimum atomic E-state index is 0.263. The maximum atomic E-state index is 11.5. The van der Waals surface area contributed by atoms with Crippen LogP contribution in [-0.2, 0) is 4.79 Å². The van der Waals surface area contributed by atoms with Crippen molar-refractivity contribution in [3.63, 3.8) is 0 Å². The topological polar surface area (TPSA) is 29.1 Å². The second-order valence-electron chi connectivity index (χ2n) is 4.68. The molecule has 3 heteroatoms. The zero-order valence-electron chi connectivity index (χ0n) is 8.30.